The third-order valence-electron chi connectivity index (χ3n) is 8.58. The van der Waals surface area contributed by atoms with Gasteiger partial charge < -0.3 is 4.42 Å². The largest absolute Gasteiger partial charge is 0.456 e. The zero-order valence-corrected chi connectivity index (χ0v) is 26.7. The number of aromatic nitrogens is 3. The Morgan fingerprint density at radius 3 is 2.04 bits per heavy atom. The fourth-order valence-corrected chi connectivity index (χ4v) is 7.44. The van der Waals surface area contributed by atoms with Crippen LogP contribution in [0.5, 0.6) is 0 Å². The molecule has 0 N–H and O–H groups in total. The first kappa shape index (κ1) is 19.5. The van der Waals surface area contributed by atoms with E-state index in [-0.39, 0.29) is 50.5 Å². The number of rotatable bonds is 5. The van der Waals surface area contributed by atoms with Crippen LogP contribution in [0.1, 0.15) is 15.1 Å². The quantitative estimate of drug-likeness (QED) is 0.183. The van der Waals surface area contributed by atoms with E-state index in [2.05, 4.69) is 0 Å². The summed E-state index contributed by atoms with van der Waals surface area (Å²) in [7, 11) is 0. The molecule has 10 rings (SSSR count). The zero-order valence-electron chi connectivity index (χ0n) is 36.9. The van der Waals surface area contributed by atoms with Crippen LogP contribution in [-0.2, 0) is 0 Å². The van der Waals surface area contributed by atoms with Crippen LogP contribution < -0.4 is 0 Å². The molecule has 0 saturated carbocycles. The first-order chi connectivity index (χ1) is 29.3. The van der Waals surface area contributed by atoms with Crippen molar-refractivity contribution in [3.05, 3.63) is 164 Å². The van der Waals surface area contributed by atoms with E-state index in [1.54, 1.807) is 11.3 Å². The van der Waals surface area contributed by atoms with E-state index in [1.807, 2.05) is 97.1 Å². The molecule has 0 unspecified atom stereocenters. The number of thiophene rings is 1. The minimum Gasteiger partial charge on any atom is -0.456 e. The van der Waals surface area contributed by atoms with Crippen molar-refractivity contribution >= 4 is 53.4 Å². The number of hydrogen-bond acceptors (Lipinski definition) is 5. The second-order valence-electron chi connectivity index (χ2n) is 11.5. The van der Waals surface area contributed by atoms with Crippen LogP contribution in [0, 0.1) is 0 Å². The molecule has 50 heavy (non-hydrogen) atoms. The van der Waals surface area contributed by atoms with Crippen molar-refractivity contribution in [2.45, 2.75) is 0 Å². The molecule has 3 heterocycles. The number of nitrogens with zero attached hydrogens (tertiary/aromatic N) is 3. The number of benzene rings is 7. The lowest BCUT2D eigenvalue weighted by atomic mass is 9.99. The van der Waals surface area contributed by atoms with Gasteiger partial charge in [-0.3, -0.25) is 0 Å². The molecule has 0 aliphatic carbocycles. The van der Waals surface area contributed by atoms with Crippen molar-refractivity contribution < 1.29 is 19.5 Å². The van der Waals surface area contributed by atoms with Crippen molar-refractivity contribution in [3.8, 4) is 56.4 Å². The van der Waals surface area contributed by atoms with Crippen LogP contribution in [0.4, 0.5) is 0 Å². The molecule has 0 fully saturated rings. The molecule has 10 aromatic rings. The Morgan fingerprint density at radius 1 is 0.460 bits per heavy atom. The van der Waals surface area contributed by atoms with E-state index in [1.165, 1.54) is 0 Å². The van der Waals surface area contributed by atoms with Gasteiger partial charge in [0.15, 0.2) is 17.5 Å². The van der Waals surface area contributed by atoms with Crippen molar-refractivity contribution in [1.82, 2.24) is 15.0 Å². The predicted molar refractivity (Wildman–Crippen MR) is 207 cm³/mol. The monoisotopic (exact) mass is 668 g/mol. The SMILES string of the molecule is [2H]c1c([2H])c([2H])c(-c2c([2H])c([2H])c([2H])c3oc4c([2H])c(-c5nc(-c6ccc(-c7ccccc7)cc6)nc(-c6cccc7c6sc6ccccc67)n5)c([2H])c([2H])c4c23)c([2H])c1[2H]. The normalized spacial score (nSPS) is 14.7. The predicted octanol–water partition coefficient (Wildman–Crippen LogP) is 12.5. The number of fused-ring (bicyclic) bond motifs is 6. The molecule has 7 aromatic carbocycles. The average molecular weight is 669 g/mol. The molecule has 0 aliphatic heterocycles. The van der Waals surface area contributed by atoms with E-state index in [4.69, 9.17) is 30.3 Å². The van der Waals surface area contributed by atoms with Gasteiger partial charge in [-0.25, -0.2) is 15.0 Å². The molecular formula is C45H27N3OS. The Morgan fingerprint density at radius 2 is 1.18 bits per heavy atom. The summed E-state index contributed by atoms with van der Waals surface area (Å²) in [6.45, 7) is 0. The third kappa shape index (κ3) is 4.79. The van der Waals surface area contributed by atoms with Gasteiger partial charge in [0.25, 0.3) is 0 Å². The molecular weight excluding hydrogens is 631 g/mol. The molecule has 5 heteroatoms. The Bertz CT molecular complexity index is 3470. The van der Waals surface area contributed by atoms with Crippen molar-refractivity contribution in [3.63, 3.8) is 0 Å². The van der Waals surface area contributed by atoms with Gasteiger partial charge >= 0.3 is 0 Å². The summed E-state index contributed by atoms with van der Waals surface area (Å²) in [6, 6.07) is 24.7. The topological polar surface area (TPSA) is 51.8 Å². The molecule has 0 atom stereocenters. The highest BCUT2D eigenvalue weighted by atomic mass is 32.1. The standard InChI is InChI=1S/C45H27N3OS/c1-3-11-28(12-4-1)29-21-23-31(24-22-29)43-46-44(48-45(47-43)37-18-9-17-35-34-15-7-8-20-40(34)50-42(35)37)32-25-26-36-39(27-32)49-38-19-10-16-33(41(36)38)30-13-5-2-6-14-30/h1-27H/i2D,5D,6D,10D,13D,14D,16D,19D,25D,26D,27D. The fourth-order valence-electron chi connectivity index (χ4n) is 6.23. The lowest BCUT2D eigenvalue weighted by Gasteiger charge is -2.10. The highest BCUT2D eigenvalue weighted by Gasteiger charge is 2.18. The van der Waals surface area contributed by atoms with Gasteiger partial charge in [-0.15, -0.1) is 11.3 Å². The van der Waals surface area contributed by atoms with Gasteiger partial charge in [-0.1, -0.05) is 133 Å². The van der Waals surface area contributed by atoms with Crippen LogP contribution in [0.2, 0.25) is 0 Å². The Balaban J connectivity index is 1.26. The number of furan rings is 1. The summed E-state index contributed by atoms with van der Waals surface area (Å²) < 4.78 is 105. The summed E-state index contributed by atoms with van der Waals surface area (Å²) in [4.78, 5) is 14.7. The lowest BCUT2D eigenvalue weighted by molar-refractivity contribution is 0.669. The summed E-state index contributed by atoms with van der Waals surface area (Å²) >= 11 is 1.58. The van der Waals surface area contributed by atoms with E-state index >= 15 is 0 Å². The maximum atomic E-state index is 9.55. The van der Waals surface area contributed by atoms with Crippen LogP contribution in [0.3, 0.4) is 0 Å². The van der Waals surface area contributed by atoms with Crippen molar-refractivity contribution in [2.24, 2.45) is 0 Å². The van der Waals surface area contributed by atoms with Gasteiger partial charge in [-0.2, -0.15) is 0 Å². The molecule has 0 saturated heterocycles. The highest BCUT2D eigenvalue weighted by molar-refractivity contribution is 7.26. The first-order valence-electron chi connectivity index (χ1n) is 21.2. The van der Waals surface area contributed by atoms with Crippen LogP contribution in [0.25, 0.3) is 98.5 Å². The Labute approximate surface area is 307 Å². The minimum atomic E-state index is -0.684. The molecule has 3 aromatic heterocycles. The van der Waals surface area contributed by atoms with Gasteiger partial charge in [-0.05, 0) is 52.5 Å². The second-order valence-corrected chi connectivity index (χ2v) is 12.6. The smallest absolute Gasteiger partial charge is 0.165 e. The number of hydrogen-bond donors (Lipinski definition) is 0. The maximum absolute atomic E-state index is 9.55. The summed E-state index contributed by atoms with van der Waals surface area (Å²) in [5.74, 6) is 0.395. The zero-order chi connectivity index (χ0) is 42.6. The van der Waals surface area contributed by atoms with E-state index in [0.29, 0.717) is 11.1 Å². The van der Waals surface area contributed by atoms with Crippen molar-refractivity contribution in [1.29, 1.82) is 0 Å². The highest BCUT2D eigenvalue weighted by Crippen LogP contribution is 2.41. The van der Waals surface area contributed by atoms with Gasteiger partial charge in [0.2, 0.25) is 0 Å². The van der Waals surface area contributed by atoms with Gasteiger partial charge in [0.1, 0.15) is 11.2 Å². The summed E-state index contributed by atoms with van der Waals surface area (Å²) in [5, 5.41) is 1.68. The molecule has 0 spiro atoms. The lowest BCUT2D eigenvalue weighted by Crippen LogP contribution is -2.00. The first-order valence-corrected chi connectivity index (χ1v) is 16.5. The molecule has 0 bridgehead atoms. The van der Waals surface area contributed by atoms with Crippen LogP contribution in [-0.4, -0.2) is 15.0 Å². The summed E-state index contributed by atoms with van der Waals surface area (Å²) in [5.41, 5.74) is 1.70. The van der Waals surface area contributed by atoms with Crippen LogP contribution in [0.15, 0.2) is 168 Å². The van der Waals surface area contributed by atoms with Crippen LogP contribution >= 0.6 is 11.3 Å². The Kier molecular flexibility index (Phi) is 4.54. The Hall–Kier alpha value is -6.43. The molecule has 0 aliphatic rings. The van der Waals surface area contributed by atoms with E-state index in [0.717, 1.165) is 31.3 Å². The molecule has 0 radical (unpaired) electrons. The van der Waals surface area contributed by atoms with E-state index in [9.17, 15) is 4.11 Å². The van der Waals surface area contributed by atoms with E-state index < -0.39 is 72.0 Å². The summed E-state index contributed by atoms with van der Waals surface area (Å²) in [6.07, 6.45) is 0. The molecule has 234 valence electrons. The average Bonchev–Trinajstić information content (AvgIpc) is 3.88. The second kappa shape index (κ2) is 11.6. The fraction of sp³-hybridized carbons (Fsp3) is 0. The van der Waals surface area contributed by atoms with Gasteiger partial charge in [0, 0.05) is 47.6 Å². The molecule has 4 nitrogen and oxygen atoms in total. The molecule has 0 amide bonds. The van der Waals surface area contributed by atoms with Crippen molar-refractivity contribution in [2.75, 3.05) is 0 Å². The minimum absolute atomic E-state index is 0.101. The third-order valence-corrected chi connectivity index (χ3v) is 9.80. The maximum Gasteiger partial charge on any atom is 0.165 e. The van der Waals surface area contributed by atoms with Gasteiger partial charge in [0.05, 0.1) is 15.1 Å².